The highest BCUT2D eigenvalue weighted by Crippen LogP contribution is 2.14. The van der Waals surface area contributed by atoms with Crippen LogP contribution in [0.25, 0.3) is 0 Å². The maximum Gasteiger partial charge on any atom is 0.130 e. The zero-order valence-electron chi connectivity index (χ0n) is 7.99. The van der Waals surface area contributed by atoms with E-state index in [0.29, 0.717) is 0 Å². The minimum atomic E-state index is 0.144. The lowest BCUT2D eigenvalue weighted by molar-refractivity contribution is 0.990. The second-order valence-electron chi connectivity index (χ2n) is 3.13. The molecule has 14 heavy (non-hydrogen) atoms. The van der Waals surface area contributed by atoms with Gasteiger partial charge in [0.05, 0.1) is 6.04 Å². The van der Waals surface area contributed by atoms with E-state index in [0.717, 1.165) is 17.7 Å². The molecule has 2 rings (SSSR count). The molecular formula is C12H10N2. The zero-order valence-corrected chi connectivity index (χ0v) is 7.99. The molecule has 2 aliphatic rings. The highest BCUT2D eigenvalue weighted by atomic mass is 14.9. The highest BCUT2D eigenvalue weighted by Gasteiger charge is 2.04. The van der Waals surface area contributed by atoms with E-state index in [1.165, 1.54) is 0 Å². The van der Waals surface area contributed by atoms with E-state index in [-0.39, 0.29) is 6.04 Å². The van der Waals surface area contributed by atoms with Gasteiger partial charge in [-0.3, -0.25) is 0 Å². The van der Waals surface area contributed by atoms with Crippen molar-refractivity contribution in [1.29, 1.82) is 0 Å². The van der Waals surface area contributed by atoms with Gasteiger partial charge in [-0.25, -0.2) is 9.98 Å². The molecule has 0 spiro atoms. The molecule has 0 saturated heterocycles. The summed E-state index contributed by atoms with van der Waals surface area (Å²) in [5.74, 6) is 8.84. The van der Waals surface area contributed by atoms with Crippen LogP contribution in [0.1, 0.15) is 13.3 Å². The van der Waals surface area contributed by atoms with Crippen molar-refractivity contribution >= 4 is 12.1 Å². The molecule has 0 saturated carbocycles. The van der Waals surface area contributed by atoms with Gasteiger partial charge in [-0.15, -0.1) is 0 Å². The molecule has 0 N–H and O–H groups in total. The predicted molar refractivity (Wildman–Crippen MR) is 58.5 cm³/mol. The summed E-state index contributed by atoms with van der Waals surface area (Å²) in [7, 11) is 0. The Kier molecular flexibility index (Phi) is 2.44. The summed E-state index contributed by atoms with van der Waals surface area (Å²) in [5.41, 5.74) is 1.83. The Balaban J connectivity index is 2.30. The standard InChI is InChI=1S/C12H10N2/c1-10-8-14-12(9-13-10)11-6-4-2-3-5-7-11/h4,6-8,10H,5H2,1H3. The maximum absolute atomic E-state index is 4.29. The Morgan fingerprint density at radius 3 is 3.21 bits per heavy atom. The number of aliphatic imine (C=N–C) groups is 2. The molecular weight excluding hydrogens is 172 g/mol. The number of hydrogen-bond acceptors (Lipinski definition) is 2. The van der Waals surface area contributed by atoms with Gasteiger partial charge in [0.2, 0.25) is 0 Å². The lowest BCUT2D eigenvalue weighted by atomic mass is 10.1. The molecule has 0 radical (unpaired) electrons. The molecule has 1 unspecified atom stereocenters. The molecule has 1 heterocycles. The zero-order chi connectivity index (χ0) is 9.80. The Bertz CT molecular complexity index is 446. The molecule has 1 aliphatic heterocycles. The van der Waals surface area contributed by atoms with Crippen LogP contribution >= 0.6 is 0 Å². The van der Waals surface area contributed by atoms with Crippen LogP contribution in [0.5, 0.6) is 0 Å². The first kappa shape index (κ1) is 8.74. The van der Waals surface area contributed by atoms with Crippen molar-refractivity contribution in [2.24, 2.45) is 9.98 Å². The normalized spacial score (nSPS) is 23.4. The lowest BCUT2D eigenvalue weighted by Crippen LogP contribution is -2.04. The van der Waals surface area contributed by atoms with E-state index < -0.39 is 0 Å². The first-order valence-corrected chi connectivity index (χ1v) is 4.59. The predicted octanol–water partition coefficient (Wildman–Crippen LogP) is 1.90. The van der Waals surface area contributed by atoms with E-state index in [4.69, 9.17) is 0 Å². The average molecular weight is 182 g/mol. The fourth-order valence-electron chi connectivity index (χ4n) is 1.20. The minimum Gasteiger partial charge on any atom is -0.248 e. The third-order valence-corrected chi connectivity index (χ3v) is 1.94. The van der Waals surface area contributed by atoms with Gasteiger partial charge in [0.1, 0.15) is 5.70 Å². The SMILES string of the molecule is CC1C=NC(C2=CCC#CC=C2)=C=N1. The Hall–Kier alpha value is -1.84. The molecule has 0 bridgehead atoms. The van der Waals surface area contributed by atoms with Crippen molar-refractivity contribution in [3.63, 3.8) is 0 Å². The van der Waals surface area contributed by atoms with Gasteiger partial charge in [-0.2, -0.15) is 0 Å². The van der Waals surface area contributed by atoms with Crippen LogP contribution in [-0.2, 0) is 0 Å². The summed E-state index contributed by atoms with van der Waals surface area (Å²) in [6, 6.07) is 0.144. The van der Waals surface area contributed by atoms with Gasteiger partial charge in [0.15, 0.2) is 0 Å². The molecule has 0 aromatic heterocycles. The van der Waals surface area contributed by atoms with Crippen LogP contribution in [0.3, 0.4) is 0 Å². The van der Waals surface area contributed by atoms with Crippen molar-refractivity contribution in [2.75, 3.05) is 0 Å². The van der Waals surface area contributed by atoms with E-state index in [1.807, 2.05) is 31.4 Å². The summed E-state index contributed by atoms with van der Waals surface area (Å²) in [6.07, 6.45) is 8.42. The molecule has 0 amide bonds. The van der Waals surface area contributed by atoms with E-state index in [1.54, 1.807) is 0 Å². The van der Waals surface area contributed by atoms with Gasteiger partial charge in [-0.1, -0.05) is 17.9 Å². The number of allylic oxidation sites excluding steroid dienone is 3. The first-order valence-electron chi connectivity index (χ1n) is 4.59. The molecule has 0 aromatic carbocycles. The molecule has 2 nitrogen and oxygen atoms in total. The van der Waals surface area contributed by atoms with Gasteiger partial charge >= 0.3 is 0 Å². The number of rotatable bonds is 1. The largest absolute Gasteiger partial charge is 0.248 e. The fraction of sp³-hybridized carbons (Fsp3) is 0.250. The van der Waals surface area contributed by atoms with E-state index in [2.05, 4.69) is 27.7 Å². The first-order chi connectivity index (χ1) is 6.86. The molecule has 0 aromatic rings. The van der Waals surface area contributed by atoms with Crippen LogP contribution in [0, 0.1) is 11.8 Å². The molecule has 68 valence electrons. The Morgan fingerprint density at radius 2 is 2.43 bits per heavy atom. The van der Waals surface area contributed by atoms with Crippen LogP contribution in [0.2, 0.25) is 0 Å². The van der Waals surface area contributed by atoms with Crippen molar-refractivity contribution < 1.29 is 0 Å². The van der Waals surface area contributed by atoms with Gasteiger partial charge < -0.3 is 0 Å². The van der Waals surface area contributed by atoms with Crippen LogP contribution in [0.4, 0.5) is 0 Å². The summed E-state index contributed by atoms with van der Waals surface area (Å²) < 4.78 is 0. The number of nitrogens with zero attached hydrogens (tertiary/aromatic N) is 2. The third kappa shape index (κ3) is 1.90. The Morgan fingerprint density at radius 1 is 1.50 bits per heavy atom. The van der Waals surface area contributed by atoms with Crippen molar-refractivity contribution in [2.45, 2.75) is 19.4 Å². The average Bonchev–Trinajstić information content (AvgIpc) is 2.47. The van der Waals surface area contributed by atoms with Gasteiger partial charge in [0.25, 0.3) is 0 Å². The summed E-state index contributed by atoms with van der Waals surface area (Å²) in [5, 5.41) is 0. The van der Waals surface area contributed by atoms with Crippen molar-refractivity contribution in [1.82, 2.24) is 0 Å². The van der Waals surface area contributed by atoms with Crippen LogP contribution in [-0.4, -0.2) is 18.1 Å². The topological polar surface area (TPSA) is 24.7 Å². The second kappa shape index (κ2) is 3.91. The Labute approximate surface area is 83.5 Å². The smallest absolute Gasteiger partial charge is 0.130 e. The molecule has 1 atom stereocenters. The van der Waals surface area contributed by atoms with Gasteiger partial charge in [-0.05, 0) is 19.1 Å². The van der Waals surface area contributed by atoms with Gasteiger partial charge in [0, 0.05) is 24.1 Å². The maximum atomic E-state index is 4.29. The summed E-state index contributed by atoms with van der Waals surface area (Å²) in [4.78, 5) is 8.45. The van der Waals surface area contributed by atoms with E-state index in [9.17, 15) is 0 Å². The summed E-state index contributed by atoms with van der Waals surface area (Å²) in [6.45, 7) is 1.98. The fourth-order valence-corrected chi connectivity index (χ4v) is 1.20. The second-order valence-corrected chi connectivity index (χ2v) is 3.13. The lowest BCUT2D eigenvalue weighted by Gasteiger charge is -2.04. The molecule has 0 fully saturated rings. The monoisotopic (exact) mass is 182 g/mol. The van der Waals surface area contributed by atoms with Crippen LogP contribution in [0.15, 0.2) is 39.5 Å². The van der Waals surface area contributed by atoms with Crippen molar-refractivity contribution in [3.8, 4) is 11.8 Å². The van der Waals surface area contributed by atoms with Crippen molar-refractivity contribution in [3.05, 3.63) is 29.5 Å². The molecule has 1 aliphatic carbocycles. The third-order valence-electron chi connectivity index (χ3n) is 1.94. The van der Waals surface area contributed by atoms with Crippen LogP contribution < -0.4 is 0 Å². The summed E-state index contributed by atoms with van der Waals surface area (Å²) >= 11 is 0. The van der Waals surface area contributed by atoms with E-state index >= 15 is 0 Å². The highest BCUT2D eigenvalue weighted by molar-refractivity contribution is 5.79. The minimum absolute atomic E-state index is 0.144. The molecule has 2 heteroatoms. The number of hydrogen-bond donors (Lipinski definition) is 0. The quantitative estimate of drug-likeness (QED) is 0.553.